The predicted octanol–water partition coefficient (Wildman–Crippen LogP) is 1.44. The lowest BCUT2D eigenvalue weighted by atomic mass is 10.2. The van der Waals surface area contributed by atoms with E-state index in [9.17, 15) is 12.3 Å². The molecule has 1 atom stereocenters. The smallest absolute Gasteiger partial charge is 0.265 e. The van der Waals surface area contributed by atoms with E-state index in [1.807, 2.05) is 0 Å². The van der Waals surface area contributed by atoms with E-state index in [0.717, 1.165) is 0 Å². The van der Waals surface area contributed by atoms with Gasteiger partial charge in [-0.05, 0) is 24.6 Å². The van der Waals surface area contributed by atoms with Crippen LogP contribution in [0.25, 0.3) is 0 Å². The summed E-state index contributed by atoms with van der Waals surface area (Å²) in [5, 5.41) is -1.11. The van der Waals surface area contributed by atoms with Crippen molar-refractivity contribution in [3.05, 3.63) is 30.1 Å². The van der Waals surface area contributed by atoms with Crippen LogP contribution in [0.5, 0.6) is 0 Å². The van der Waals surface area contributed by atoms with Gasteiger partial charge in [-0.2, -0.15) is 8.42 Å². The van der Waals surface area contributed by atoms with E-state index in [2.05, 4.69) is 4.98 Å². The first kappa shape index (κ1) is 9.12. The van der Waals surface area contributed by atoms with Crippen molar-refractivity contribution in [2.45, 2.75) is 12.2 Å². The Morgan fingerprint density at radius 1 is 1.42 bits per heavy atom. The topological polar surface area (TPSA) is 47.0 Å². The molecule has 0 bridgehead atoms. The van der Waals surface area contributed by atoms with Gasteiger partial charge in [0.2, 0.25) is 0 Å². The second-order valence-electron chi connectivity index (χ2n) is 2.40. The first-order valence-corrected chi connectivity index (χ1v) is 4.80. The molecule has 1 unspecified atom stereocenters. The maximum Gasteiger partial charge on any atom is 0.309 e. The summed E-state index contributed by atoms with van der Waals surface area (Å²) in [6, 6.07) is 2.95. The average molecular weight is 189 g/mol. The molecule has 0 aliphatic rings. The monoisotopic (exact) mass is 189 g/mol. The van der Waals surface area contributed by atoms with Crippen LogP contribution in [0.4, 0.5) is 3.89 Å². The van der Waals surface area contributed by atoms with E-state index in [1.165, 1.54) is 31.5 Å². The molecule has 0 radical (unpaired) electrons. The summed E-state index contributed by atoms with van der Waals surface area (Å²) in [5.74, 6) is 0. The first-order valence-electron chi connectivity index (χ1n) is 3.35. The molecule has 0 spiro atoms. The summed E-state index contributed by atoms with van der Waals surface area (Å²) >= 11 is 0. The third-order valence-electron chi connectivity index (χ3n) is 1.60. The molecular formula is C7H8FNO2S. The van der Waals surface area contributed by atoms with Crippen LogP contribution in [-0.4, -0.2) is 13.4 Å². The van der Waals surface area contributed by atoms with Crippen molar-refractivity contribution >= 4 is 10.2 Å². The quantitative estimate of drug-likeness (QED) is 0.661. The number of halogens is 1. The summed E-state index contributed by atoms with van der Waals surface area (Å²) in [6.45, 7) is 1.30. The molecule has 0 aliphatic carbocycles. The lowest BCUT2D eigenvalue weighted by molar-refractivity contribution is 0.540. The molecule has 3 nitrogen and oxygen atoms in total. The standard InChI is InChI=1S/C7H8FNO2S/c1-6(12(8,10)11)7-2-4-9-5-3-7/h2-6H,1H3. The Morgan fingerprint density at radius 2 is 1.92 bits per heavy atom. The summed E-state index contributed by atoms with van der Waals surface area (Å²) in [4.78, 5) is 3.69. The van der Waals surface area contributed by atoms with Crippen LogP contribution in [-0.2, 0) is 10.2 Å². The number of nitrogens with zero attached hydrogens (tertiary/aromatic N) is 1. The van der Waals surface area contributed by atoms with E-state index in [4.69, 9.17) is 0 Å². The zero-order chi connectivity index (χ0) is 9.19. The molecule has 0 fully saturated rings. The molecule has 0 saturated carbocycles. The highest BCUT2D eigenvalue weighted by Crippen LogP contribution is 2.21. The lowest BCUT2D eigenvalue weighted by Crippen LogP contribution is -2.03. The van der Waals surface area contributed by atoms with Gasteiger partial charge >= 0.3 is 10.2 Å². The van der Waals surface area contributed by atoms with Crippen LogP contribution >= 0.6 is 0 Å². The molecule has 1 heterocycles. The fourth-order valence-electron chi connectivity index (χ4n) is 0.797. The Balaban J connectivity index is 3.02. The molecule has 1 aromatic heterocycles. The Kier molecular flexibility index (Phi) is 2.42. The summed E-state index contributed by atoms with van der Waals surface area (Å²) in [7, 11) is -4.48. The van der Waals surface area contributed by atoms with Crippen LogP contribution in [0.2, 0.25) is 0 Å². The second-order valence-corrected chi connectivity index (χ2v) is 4.06. The minimum atomic E-state index is -4.48. The molecular weight excluding hydrogens is 181 g/mol. The van der Waals surface area contributed by atoms with Crippen molar-refractivity contribution in [3.63, 3.8) is 0 Å². The van der Waals surface area contributed by atoms with Crippen molar-refractivity contribution in [1.29, 1.82) is 0 Å². The van der Waals surface area contributed by atoms with E-state index in [0.29, 0.717) is 5.56 Å². The van der Waals surface area contributed by atoms with E-state index in [1.54, 1.807) is 0 Å². The number of hydrogen-bond acceptors (Lipinski definition) is 3. The molecule has 5 heteroatoms. The fourth-order valence-corrected chi connectivity index (χ4v) is 1.28. The largest absolute Gasteiger partial charge is 0.309 e. The van der Waals surface area contributed by atoms with E-state index < -0.39 is 15.5 Å². The molecule has 12 heavy (non-hydrogen) atoms. The highest BCUT2D eigenvalue weighted by Gasteiger charge is 2.20. The Bertz CT molecular complexity index is 349. The van der Waals surface area contributed by atoms with Gasteiger partial charge in [0.25, 0.3) is 0 Å². The van der Waals surface area contributed by atoms with Crippen LogP contribution in [0, 0.1) is 0 Å². The van der Waals surface area contributed by atoms with Crippen LogP contribution in [0.1, 0.15) is 17.7 Å². The number of aromatic nitrogens is 1. The summed E-state index contributed by atoms with van der Waals surface area (Å²) < 4.78 is 33.3. The van der Waals surface area contributed by atoms with Crippen molar-refractivity contribution in [2.24, 2.45) is 0 Å². The highest BCUT2D eigenvalue weighted by molar-refractivity contribution is 7.86. The first-order chi connectivity index (χ1) is 5.52. The molecule has 0 saturated heterocycles. The average Bonchev–Trinajstić information content (AvgIpc) is 2.03. The van der Waals surface area contributed by atoms with Gasteiger partial charge in [0.15, 0.2) is 0 Å². The SMILES string of the molecule is CC(c1ccncc1)S(=O)(=O)F. The van der Waals surface area contributed by atoms with Gasteiger partial charge in [0.1, 0.15) is 5.25 Å². The third kappa shape index (κ3) is 2.01. The molecule has 66 valence electrons. The molecule has 1 rings (SSSR count). The van der Waals surface area contributed by atoms with Gasteiger partial charge in [-0.15, -0.1) is 3.89 Å². The van der Waals surface area contributed by atoms with Crippen molar-refractivity contribution in [1.82, 2.24) is 4.98 Å². The molecule has 0 aliphatic heterocycles. The van der Waals surface area contributed by atoms with Gasteiger partial charge in [0.05, 0.1) is 0 Å². The van der Waals surface area contributed by atoms with Gasteiger partial charge in [0, 0.05) is 12.4 Å². The van der Waals surface area contributed by atoms with Crippen molar-refractivity contribution in [2.75, 3.05) is 0 Å². The zero-order valence-corrected chi connectivity index (χ0v) is 7.25. The zero-order valence-electron chi connectivity index (χ0n) is 6.44. The Morgan fingerprint density at radius 3 is 2.33 bits per heavy atom. The molecule has 0 aromatic carbocycles. The van der Waals surface area contributed by atoms with Crippen LogP contribution < -0.4 is 0 Å². The Labute approximate surface area is 70.5 Å². The van der Waals surface area contributed by atoms with E-state index >= 15 is 0 Å². The molecule has 0 N–H and O–H groups in total. The van der Waals surface area contributed by atoms with Crippen molar-refractivity contribution in [3.8, 4) is 0 Å². The lowest BCUT2D eigenvalue weighted by Gasteiger charge is -2.04. The predicted molar refractivity (Wildman–Crippen MR) is 42.7 cm³/mol. The second kappa shape index (κ2) is 3.18. The third-order valence-corrected chi connectivity index (χ3v) is 2.71. The maximum absolute atomic E-state index is 12.4. The van der Waals surface area contributed by atoms with Crippen LogP contribution in [0.15, 0.2) is 24.5 Å². The maximum atomic E-state index is 12.4. The Hall–Kier alpha value is -0.970. The van der Waals surface area contributed by atoms with Crippen LogP contribution in [0.3, 0.4) is 0 Å². The van der Waals surface area contributed by atoms with E-state index in [-0.39, 0.29) is 0 Å². The van der Waals surface area contributed by atoms with Gasteiger partial charge < -0.3 is 0 Å². The molecule has 1 aromatic rings. The minimum Gasteiger partial charge on any atom is -0.265 e. The fraction of sp³-hybridized carbons (Fsp3) is 0.286. The summed E-state index contributed by atoms with van der Waals surface area (Å²) in [6.07, 6.45) is 2.86. The number of pyridine rings is 1. The van der Waals surface area contributed by atoms with Gasteiger partial charge in [-0.1, -0.05) is 0 Å². The minimum absolute atomic E-state index is 0.410. The number of rotatable bonds is 2. The van der Waals surface area contributed by atoms with Crippen molar-refractivity contribution < 1.29 is 12.3 Å². The van der Waals surface area contributed by atoms with Gasteiger partial charge in [-0.25, -0.2) is 0 Å². The van der Waals surface area contributed by atoms with Gasteiger partial charge in [-0.3, -0.25) is 4.98 Å². The molecule has 0 amide bonds. The number of hydrogen-bond donors (Lipinski definition) is 0. The summed E-state index contributed by atoms with van der Waals surface area (Å²) in [5.41, 5.74) is 0.410. The highest BCUT2D eigenvalue weighted by atomic mass is 32.3. The normalized spacial score (nSPS) is 14.2.